The van der Waals surface area contributed by atoms with E-state index in [2.05, 4.69) is 25.7 Å². The molecule has 1 unspecified atom stereocenters. The van der Waals surface area contributed by atoms with E-state index in [1.807, 2.05) is 0 Å². The van der Waals surface area contributed by atoms with E-state index in [0.29, 0.717) is 12.1 Å². The quantitative estimate of drug-likeness (QED) is 0.744. The normalized spacial score (nSPS) is 21.0. The first kappa shape index (κ1) is 14.9. The Morgan fingerprint density at radius 3 is 2.18 bits per heavy atom. The Morgan fingerprint density at radius 1 is 1.18 bits per heavy atom. The predicted octanol–water partition coefficient (Wildman–Crippen LogP) is 2.25. The Kier molecular flexibility index (Phi) is 7.09. The number of rotatable bonds is 7. The van der Waals surface area contributed by atoms with Gasteiger partial charge in [-0.05, 0) is 25.7 Å². The van der Waals surface area contributed by atoms with Gasteiger partial charge in [0.2, 0.25) is 0 Å². The van der Waals surface area contributed by atoms with Gasteiger partial charge in [-0.3, -0.25) is 4.90 Å². The molecule has 0 aliphatic carbocycles. The fourth-order valence-corrected chi connectivity index (χ4v) is 3.08. The van der Waals surface area contributed by atoms with Crippen molar-refractivity contribution in [3.05, 3.63) is 0 Å². The molecule has 0 bridgehead atoms. The van der Waals surface area contributed by atoms with Crippen LogP contribution in [0.15, 0.2) is 0 Å². The van der Waals surface area contributed by atoms with Crippen LogP contribution in [0.2, 0.25) is 0 Å². The highest BCUT2D eigenvalue weighted by atomic mass is 16.5. The molecule has 1 fully saturated rings. The smallest absolute Gasteiger partial charge is 0.0599 e. The third kappa shape index (κ3) is 4.23. The zero-order valence-corrected chi connectivity index (χ0v) is 11.8. The van der Waals surface area contributed by atoms with Crippen LogP contribution in [0.5, 0.6) is 0 Å². The van der Waals surface area contributed by atoms with E-state index in [1.165, 1.54) is 25.7 Å². The summed E-state index contributed by atoms with van der Waals surface area (Å²) >= 11 is 0. The Bertz CT molecular complexity index is 187. The van der Waals surface area contributed by atoms with Crippen LogP contribution >= 0.6 is 0 Å². The molecule has 1 heterocycles. The monoisotopic (exact) mass is 242 g/mol. The summed E-state index contributed by atoms with van der Waals surface area (Å²) in [6.45, 7) is 10.6. The molecular formula is C14H30N2O. The van der Waals surface area contributed by atoms with Crippen molar-refractivity contribution in [2.45, 2.75) is 58.6 Å². The van der Waals surface area contributed by atoms with E-state index in [9.17, 15) is 0 Å². The summed E-state index contributed by atoms with van der Waals surface area (Å²) in [6, 6.07) is 0.576. The minimum atomic E-state index is 0.483. The molecule has 1 rings (SSSR count). The van der Waals surface area contributed by atoms with Gasteiger partial charge in [0, 0.05) is 32.3 Å². The van der Waals surface area contributed by atoms with Crippen LogP contribution in [-0.2, 0) is 4.74 Å². The van der Waals surface area contributed by atoms with Crippen LogP contribution in [0.1, 0.15) is 46.5 Å². The molecule has 17 heavy (non-hydrogen) atoms. The SMILES string of the molecule is CCOC1CCN(C(CN)C(CC)CC)CC1. The fourth-order valence-electron chi connectivity index (χ4n) is 3.08. The van der Waals surface area contributed by atoms with Crippen LogP contribution < -0.4 is 5.73 Å². The Morgan fingerprint density at radius 2 is 1.76 bits per heavy atom. The number of nitrogens with two attached hydrogens (primary N) is 1. The first-order valence-electron chi connectivity index (χ1n) is 7.32. The second kappa shape index (κ2) is 8.06. The number of ether oxygens (including phenoxy) is 1. The minimum absolute atomic E-state index is 0.483. The molecule has 0 amide bonds. The number of piperidine rings is 1. The fraction of sp³-hybridized carbons (Fsp3) is 1.00. The maximum absolute atomic E-state index is 5.98. The molecule has 0 aromatic carbocycles. The lowest BCUT2D eigenvalue weighted by atomic mass is 9.91. The lowest BCUT2D eigenvalue weighted by Gasteiger charge is -2.40. The molecule has 0 aromatic rings. The van der Waals surface area contributed by atoms with Crippen molar-refractivity contribution < 1.29 is 4.74 Å². The molecule has 0 radical (unpaired) electrons. The van der Waals surface area contributed by atoms with Crippen molar-refractivity contribution in [1.29, 1.82) is 0 Å². The van der Waals surface area contributed by atoms with Crippen LogP contribution in [0.4, 0.5) is 0 Å². The average Bonchev–Trinajstić information content (AvgIpc) is 2.37. The molecule has 0 saturated carbocycles. The highest BCUT2D eigenvalue weighted by Crippen LogP contribution is 2.22. The zero-order valence-electron chi connectivity index (χ0n) is 11.8. The summed E-state index contributed by atoms with van der Waals surface area (Å²) in [5.41, 5.74) is 5.98. The van der Waals surface area contributed by atoms with Crippen molar-refractivity contribution >= 4 is 0 Å². The Hall–Kier alpha value is -0.120. The van der Waals surface area contributed by atoms with Crippen molar-refractivity contribution in [2.75, 3.05) is 26.2 Å². The molecule has 3 heteroatoms. The van der Waals surface area contributed by atoms with E-state index >= 15 is 0 Å². The van der Waals surface area contributed by atoms with E-state index in [-0.39, 0.29) is 0 Å². The van der Waals surface area contributed by atoms with Crippen LogP contribution in [0.25, 0.3) is 0 Å². The van der Waals surface area contributed by atoms with Gasteiger partial charge in [-0.1, -0.05) is 26.7 Å². The predicted molar refractivity (Wildman–Crippen MR) is 73.1 cm³/mol. The van der Waals surface area contributed by atoms with Crippen molar-refractivity contribution in [2.24, 2.45) is 11.7 Å². The average molecular weight is 242 g/mol. The largest absolute Gasteiger partial charge is 0.378 e. The van der Waals surface area contributed by atoms with Crippen LogP contribution in [-0.4, -0.2) is 43.3 Å². The van der Waals surface area contributed by atoms with Gasteiger partial charge in [0.1, 0.15) is 0 Å². The van der Waals surface area contributed by atoms with Gasteiger partial charge >= 0.3 is 0 Å². The number of hydrogen-bond donors (Lipinski definition) is 1. The highest BCUT2D eigenvalue weighted by molar-refractivity contribution is 4.83. The van der Waals surface area contributed by atoms with Gasteiger partial charge in [0.15, 0.2) is 0 Å². The van der Waals surface area contributed by atoms with Gasteiger partial charge in [-0.2, -0.15) is 0 Å². The summed E-state index contributed by atoms with van der Waals surface area (Å²) in [5.74, 6) is 0.753. The summed E-state index contributed by atoms with van der Waals surface area (Å²) in [6.07, 6.45) is 5.30. The zero-order chi connectivity index (χ0) is 12.7. The van der Waals surface area contributed by atoms with Gasteiger partial charge in [0.05, 0.1) is 6.10 Å². The first-order chi connectivity index (χ1) is 8.26. The molecule has 1 aliphatic heterocycles. The summed E-state index contributed by atoms with van der Waals surface area (Å²) in [4.78, 5) is 2.59. The summed E-state index contributed by atoms with van der Waals surface area (Å²) in [7, 11) is 0. The Balaban J connectivity index is 2.44. The minimum Gasteiger partial charge on any atom is -0.378 e. The Labute approximate surface area is 107 Å². The van der Waals surface area contributed by atoms with Gasteiger partial charge < -0.3 is 10.5 Å². The third-order valence-electron chi connectivity index (χ3n) is 4.18. The summed E-state index contributed by atoms with van der Waals surface area (Å²) < 4.78 is 5.70. The van der Waals surface area contributed by atoms with Crippen LogP contribution in [0, 0.1) is 5.92 Å². The number of likely N-dealkylation sites (tertiary alicyclic amines) is 1. The second-order valence-electron chi connectivity index (χ2n) is 5.07. The highest BCUT2D eigenvalue weighted by Gasteiger charge is 2.28. The van der Waals surface area contributed by atoms with Gasteiger partial charge in [-0.25, -0.2) is 0 Å². The second-order valence-corrected chi connectivity index (χ2v) is 5.07. The van der Waals surface area contributed by atoms with Crippen molar-refractivity contribution in [3.63, 3.8) is 0 Å². The molecular weight excluding hydrogens is 212 g/mol. The standard InChI is InChI=1S/C14H30N2O/c1-4-12(5-2)14(11-15)16-9-7-13(8-10-16)17-6-3/h12-14H,4-11,15H2,1-3H3. The van der Waals surface area contributed by atoms with Crippen molar-refractivity contribution in [3.8, 4) is 0 Å². The molecule has 1 atom stereocenters. The lowest BCUT2D eigenvalue weighted by molar-refractivity contribution is -0.00308. The maximum atomic E-state index is 5.98. The number of nitrogens with zero attached hydrogens (tertiary/aromatic N) is 1. The first-order valence-corrected chi connectivity index (χ1v) is 7.32. The third-order valence-corrected chi connectivity index (χ3v) is 4.18. The van der Waals surface area contributed by atoms with Gasteiger partial charge in [0.25, 0.3) is 0 Å². The molecule has 1 saturated heterocycles. The number of hydrogen-bond acceptors (Lipinski definition) is 3. The maximum Gasteiger partial charge on any atom is 0.0599 e. The molecule has 2 N–H and O–H groups in total. The van der Waals surface area contributed by atoms with Gasteiger partial charge in [-0.15, -0.1) is 0 Å². The lowest BCUT2D eigenvalue weighted by Crippen LogP contribution is -2.50. The van der Waals surface area contributed by atoms with E-state index in [0.717, 1.165) is 32.2 Å². The molecule has 1 aliphatic rings. The molecule has 0 aromatic heterocycles. The van der Waals surface area contributed by atoms with E-state index in [1.54, 1.807) is 0 Å². The van der Waals surface area contributed by atoms with E-state index in [4.69, 9.17) is 10.5 Å². The van der Waals surface area contributed by atoms with Crippen molar-refractivity contribution in [1.82, 2.24) is 4.90 Å². The molecule has 0 spiro atoms. The van der Waals surface area contributed by atoms with Crippen LogP contribution in [0.3, 0.4) is 0 Å². The van der Waals surface area contributed by atoms with E-state index < -0.39 is 0 Å². The topological polar surface area (TPSA) is 38.5 Å². The summed E-state index contributed by atoms with van der Waals surface area (Å²) in [5, 5.41) is 0. The molecule has 102 valence electrons. The molecule has 3 nitrogen and oxygen atoms in total.